The molecule has 0 bridgehead atoms. The fourth-order valence-electron chi connectivity index (χ4n) is 5.41. The molecule has 6 rings (SSSR count). The summed E-state index contributed by atoms with van der Waals surface area (Å²) < 4.78 is 46.5. The van der Waals surface area contributed by atoms with Crippen LogP contribution in [0.5, 0.6) is 34.5 Å². The average molecular weight is 976 g/mol. The molecule has 0 aliphatic heterocycles. The number of nitro groups is 2. The zero-order valence-corrected chi connectivity index (χ0v) is 34.7. The van der Waals surface area contributed by atoms with E-state index in [1.807, 2.05) is 0 Å². The van der Waals surface area contributed by atoms with Gasteiger partial charge in [-0.1, -0.05) is 0 Å². The molecule has 0 saturated heterocycles. The summed E-state index contributed by atoms with van der Waals surface area (Å²) in [6.45, 7) is 0. The Labute approximate surface area is 327 Å². The van der Waals surface area contributed by atoms with Crippen molar-refractivity contribution in [3.8, 4) is 34.5 Å². The molecule has 15 heteroatoms. The summed E-state index contributed by atoms with van der Waals surface area (Å²) in [6.07, 6.45) is 0. The van der Waals surface area contributed by atoms with Crippen molar-refractivity contribution in [2.24, 2.45) is 0 Å². The molecule has 0 fully saturated rings. The Kier molecular flexibility index (Phi) is 12.3. The van der Waals surface area contributed by atoms with E-state index in [0.29, 0.717) is 37.4 Å². The molecule has 0 spiro atoms. The Bertz CT molecular complexity index is 2000. The number of rotatable bonds is 16. The van der Waals surface area contributed by atoms with Gasteiger partial charge in [0.2, 0.25) is 0 Å². The van der Waals surface area contributed by atoms with Gasteiger partial charge in [-0.15, -0.1) is 0 Å². The van der Waals surface area contributed by atoms with Crippen LogP contribution in [0.15, 0.2) is 146 Å². The van der Waals surface area contributed by atoms with E-state index in [0.717, 1.165) is 0 Å². The summed E-state index contributed by atoms with van der Waals surface area (Å²) in [4.78, 5) is 24.0. The number of nitrogens with zero attached hydrogens (tertiary/aromatic N) is 2. The number of methoxy groups -OCH3 is 4. The van der Waals surface area contributed by atoms with Crippen molar-refractivity contribution < 1.29 is 36.5 Å². The van der Waals surface area contributed by atoms with Crippen LogP contribution in [0.4, 0.5) is 11.4 Å². The number of nitro benzene ring substituents is 2. The van der Waals surface area contributed by atoms with E-state index in [9.17, 15) is 20.2 Å². The second-order valence-electron chi connectivity index (χ2n) is 11.4. The van der Waals surface area contributed by atoms with Crippen molar-refractivity contribution in [3.05, 3.63) is 166 Å². The molecule has 0 saturated carbocycles. The van der Waals surface area contributed by atoms with E-state index in [-0.39, 0.29) is 22.9 Å². The molecule has 0 unspecified atom stereocenters. The Morgan fingerprint density at radius 3 is 0.891 bits per heavy atom. The van der Waals surface area contributed by atoms with E-state index >= 15 is 0 Å². The standard InChI is InChI=1S/C40H36N2O11Te2/c1-47-29-13-21-33(22-14-29)54(34-23-15-30(48-2)16-24-34,51-39-11-7-5-9-37(39)41(43)44)53-55(35-25-17-31(49-3)18-26-35,36-27-19-32(50-4)20-28-36)52-40-12-8-6-10-38(40)42(45)46/h5-28H,1-4H3. The third kappa shape index (κ3) is 8.27. The van der Waals surface area contributed by atoms with Crippen LogP contribution < -0.4 is 39.6 Å². The van der Waals surface area contributed by atoms with Gasteiger partial charge in [-0.3, -0.25) is 0 Å². The third-order valence-electron chi connectivity index (χ3n) is 8.21. The molecule has 0 radical (unpaired) electrons. The molecular formula is C40H36N2O11Te2. The first-order valence-corrected chi connectivity index (χ1v) is 24.9. The first kappa shape index (κ1) is 39.2. The fraction of sp³-hybridized carbons (Fsp3) is 0.100. The molecule has 0 amide bonds. The molecule has 0 N–H and O–H groups in total. The topological polar surface area (TPSA) is 151 Å². The maximum absolute atomic E-state index is 12.5. The molecule has 0 aromatic heterocycles. The number of benzene rings is 6. The summed E-state index contributed by atoms with van der Waals surface area (Å²) in [5.41, 5.74) is -0.564. The third-order valence-corrected chi connectivity index (χ3v) is 29.2. The second kappa shape index (κ2) is 17.3. The maximum atomic E-state index is 12.5. The van der Waals surface area contributed by atoms with Crippen LogP contribution in [0.1, 0.15) is 0 Å². The number of hydrogen-bond donors (Lipinski definition) is 0. The molecular weight excluding hydrogens is 940 g/mol. The van der Waals surface area contributed by atoms with Gasteiger partial charge in [-0.05, 0) is 0 Å². The SMILES string of the molecule is COc1ccc([Te](Oc2ccccc2[N+](=O)[O-])(O[Te](Oc2ccccc2[N+](=O)[O-])(c2ccc(OC)cc2)c2ccc(OC)cc2)c2ccc(OC)cc2)cc1. The minimum absolute atomic E-state index is 0.0350. The van der Waals surface area contributed by atoms with Crippen molar-refractivity contribution in [1.29, 1.82) is 0 Å². The van der Waals surface area contributed by atoms with Crippen molar-refractivity contribution >= 4 is 63.8 Å². The Morgan fingerprint density at radius 2 is 0.655 bits per heavy atom. The van der Waals surface area contributed by atoms with Gasteiger partial charge >= 0.3 is 329 Å². The van der Waals surface area contributed by atoms with Gasteiger partial charge in [0.05, 0.1) is 0 Å². The zero-order valence-electron chi connectivity index (χ0n) is 30.1. The Morgan fingerprint density at radius 1 is 0.400 bits per heavy atom. The van der Waals surface area contributed by atoms with Crippen molar-refractivity contribution in [2.75, 3.05) is 28.4 Å². The summed E-state index contributed by atoms with van der Waals surface area (Å²) >= 11 is -10.4. The molecule has 6 aromatic rings. The Balaban J connectivity index is 1.76. The average Bonchev–Trinajstić information content (AvgIpc) is 3.23. The molecule has 284 valence electrons. The molecule has 0 atom stereocenters. The molecule has 55 heavy (non-hydrogen) atoms. The van der Waals surface area contributed by atoms with Crippen LogP contribution in [0.3, 0.4) is 0 Å². The predicted molar refractivity (Wildman–Crippen MR) is 211 cm³/mol. The van der Waals surface area contributed by atoms with Crippen molar-refractivity contribution in [1.82, 2.24) is 0 Å². The minimum atomic E-state index is -5.22. The molecule has 0 heterocycles. The van der Waals surface area contributed by atoms with E-state index in [4.69, 9.17) is 26.6 Å². The van der Waals surface area contributed by atoms with Gasteiger partial charge in [0, 0.05) is 0 Å². The van der Waals surface area contributed by atoms with Crippen LogP contribution in [0.25, 0.3) is 0 Å². The van der Waals surface area contributed by atoms with E-state index in [1.165, 1.54) is 24.3 Å². The summed E-state index contributed by atoms with van der Waals surface area (Å²) in [5.74, 6) is 2.14. The van der Waals surface area contributed by atoms with Crippen LogP contribution in [-0.2, 0) is 1.47 Å². The van der Waals surface area contributed by atoms with Crippen molar-refractivity contribution in [3.63, 3.8) is 0 Å². The zero-order chi connectivity index (χ0) is 39.0. The summed E-state index contributed by atoms with van der Waals surface area (Å²) in [5, 5.41) is 25.0. The van der Waals surface area contributed by atoms with Gasteiger partial charge in [-0.25, -0.2) is 0 Å². The molecule has 13 nitrogen and oxygen atoms in total. The van der Waals surface area contributed by atoms with Gasteiger partial charge in [0.15, 0.2) is 0 Å². The summed E-state index contributed by atoms with van der Waals surface area (Å²) in [7, 11) is 6.18. The predicted octanol–water partition coefficient (Wildman–Crippen LogP) is 5.53. The van der Waals surface area contributed by atoms with E-state index in [1.54, 1.807) is 150 Å². The molecule has 6 aromatic carbocycles. The van der Waals surface area contributed by atoms with Gasteiger partial charge < -0.3 is 0 Å². The van der Waals surface area contributed by atoms with Crippen molar-refractivity contribution in [2.45, 2.75) is 0 Å². The fourth-order valence-corrected chi connectivity index (χ4v) is 30.0. The van der Waals surface area contributed by atoms with Crippen LogP contribution >= 0.6 is 0 Å². The molecule has 0 aliphatic rings. The molecule has 0 aliphatic carbocycles. The van der Waals surface area contributed by atoms with Gasteiger partial charge in [-0.2, -0.15) is 0 Å². The number of hydrogen-bond acceptors (Lipinski definition) is 11. The van der Waals surface area contributed by atoms with E-state index < -0.39 is 47.9 Å². The second-order valence-corrected chi connectivity index (χ2v) is 26.5. The summed E-state index contributed by atoms with van der Waals surface area (Å²) in [6, 6.07) is 40.6. The first-order valence-electron chi connectivity index (χ1n) is 16.5. The normalized spacial score (nSPS) is 11.9. The van der Waals surface area contributed by atoms with Gasteiger partial charge in [0.25, 0.3) is 0 Å². The monoisotopic (exact) mass is 980 g/mol. The quantitative estimate of drug-likeness (QED) is 0.0685. The first-order chi connectivity index (χ1) is 26.7. The van der Waals surface area contributed by atoms with E-state index in [2.05, 4.69) is 0 Å². The van der Waals surface area contributed by atoms with Crippen LogP contribution in [0, 0.1) is 20.2 Å². The number of para-hydroxylation sites is 4. The Hall–Kier alpha value is -5.54. The number of ether oxygens (including phenoxy) is 4. The van der Waals surface area contributed by atoms with Crippen LogP contribution in [0.2, 0.25) is 0 Å². The van der Waals surface area contributed by atoms with Gasteiger partial charge in [0.1, 0.15) is 0 Å². The van der Waals surface area contributed by atoms with Crippen LogP contribution in [-0.4, -0.2) is 76.3 Å².